The van der Waals surface area contributed by atoms with E-state index in [9.17, 15) is 0 Å². The minimum absolute atomic E-state index is 0.0260. The zero-order valence-electron chi connectivity index (χ0n) is 4.69. The van der Waals surface area contributed by atoms with Gasteiger partial charge >= 0.3 is 0 Å². The van der Waals surface area contributed by atoms with Gasteiger partial charge in [-0.25, -0.2) is 0 Å². The van der Waals surface area contributed by atoms with E-state index in [4.69, 9.17) is 0 Å². The van der Waals surface area contributed by atoms with Crippen LogP contribution in [0.3, 0.4) is 0 Å². The largest absolute Gasteiger partial charge is 0.373 e. The van der Waals surface area contributed by atoms with Crippen LogP contribution in [0.5, 0.6) is 0 Å². The van der Waals surface area contributed by atoms with Crippen molar-refractivity contribution in [2.24, 2.45) is 0 Å². The van der Waals surface area contributed by atoms with Gasteiger partial charge in [0.15, 0.2) is 0 Å². The van der Waals surface area contributed by atoms with Crippen molar-refractivity contribution in [2.45, 2.75) is 11.4 Å². The monoisotopic (exact) mass is 173 g/mol. The fourth-order valence-electron chi connectivity index (χ4n) is 0.551. The van der Waals surface area contributed by atoms with E-state index >= 15 is 0 Å². The Morgan fingerprint density at radius 3 is 2.50 bits per heavy atom. The zero-order chi connectivity index (χ0) is 6.04. The summed E-state index contributed by atoms with van der Waals surface area (Å²) >= 11 is 3.44. The first-order valence-electron chi connectivity index (χ1n) is 2.52. The van der Waals surface area contributed by atoms with Crippen molar-refractivity contribution in [3.63, 3.8) is 0 Å². The van der Waals surface area contributed by atoms with Crippen LogP contribution in [-0.4, -0.2) is 4.45 Å². The van der Waals surface area contributed by atoms with E-state index in [1.54, 1.807) is 0 Å². The molecule has 0 spiro atoms. The van der Waals surface area contributed by atoms with E-state index in [0.717, 1.165) is 0 Å². The number of hydrogen-bond acceptors (Lipinski definition) is 1. The highest BCUT2D eigenvalue weighted by Gasteiger charge is 2.13. The molecule has 1 atom stereocenters. The van der Waals surface area contributed by atoms with E-state index in [1.165, 1.54) is 0 Å². The second-order valence-corrected chi connectivity index (χ2v) is 3.59. The summed E-state index contributed by atoms with van der Waals surface area (Å²) in [7, 11) is 0. The van der Waals surface area contributed by atoms with E-state index in [-0.39, 0.29) is 4.45 Å². The smallest absolute Gasteiger partial charge is 0.108 e. The number of hydrogen-bond donors (Lipinski definition) is 1. The number of halogens is 1. The van der Waals surface area contributed by atoms with Crippen LogP contribution in [-0.2, 0) is 0 Å². The lowest BCUT2D eigenvalue weighted by Crippen LogP contribution is -2.30. The first kappa shape index (κ1) is 5.89. The average molecular weight is 174 g/mol. The van der Waals surface area contributed by atoms with Gasteiger partial charge in [-0.3, -0.25) is 0 Å². The maximum Gasteiger partial charge on any atom is 0.108 e. The van der Waals surface area contributed by atoms with Crippen molar-refractivity contribution in [1.82, 2.24) is 5.32 Å². The molecule has 0 radical (unpaired) electrons. The summed E-state index contributed by atoms with van der Waals surface area (Å²) in [4.78, 5) is 0. The molecule has 44 valence electrons. The number of alkyl halides is 1. The molecule has 0 aliphatic carbocycles. The molecule has 1 aliphatic heterocycles. The van der Waals surface area contributed by atoms with E-state index in [1.807, 2.05) is 31.4 Å². The van der Waals surface area contributed by atoms with Gasteiger partial charge in [-0.1, -0.05) is 22.0 Å². The van der Waals surface area contributed by atoms with Gasteiger partial charge in [-0.15, -0.1) is 0 Å². The summed E-state index contributed by atoms with van der Waals surface area (Å²) in [5.74, 6) is 0. The molecule has 1 rings (SSSR count). The quantitative estimate of drug-likeness (QED) is 0.436. The lowest BCUT2D eigenvalue weighted by atomic mass is 10.2. The second-order valence-electron chi connectivity index (χ2n) is 1.94. The standard InChI is InChI=1S/C6H8BrN/c1-6(7)4-2-3-5-8-6/h2-5,8H,1H3/t6-/m1/s1. The van der Waals surface area contributed by atoms with Crippen LogP contribution in [0.25, 0.3) is 0 Å². The lowest BCUT2D eigenvalue weighted by Gasteiger charge is -2.20. The minimum Gasteiger partial charge on any atom is -0.373 e. The lowest BCUT2D eigenvalue weighted by molar-refractivity contribution is 0.714. The molecule has 0 saturated heterocycles. The molecule has 0 fully saturated rings. The zero-order valence-corrected chi connectivity index (χ0v) is 6.27. The number of rotatable bonds is 0. The molecule has 0 aromatic heterocycles. The summed E-state index contributed by atoms with van der Waals surface area (Å²) < 4.78 is -0.0260. The van der Waals surface area contributed by atoms with Crippen molar-refractivity contribution >= 4 is 15.9 Å². The van der Waals surface area contributed by atoms with Gasteiger partial charge in [0.2, 0.25) is 0 Å². The van der Waals surface area contributed by atoms with Crippen LogP contribution in [0.1, 0.15) is 6.92 Å². The Balaban J connectivity index is 2.65. The molecule has 0 aromatic carbocycles. The van der Waals surface area contributed by atoms with Crippen LogP contribution in [0.4, 0.5) is 0 Å². The summed E-state index contributed by atoms with van der Waals surface area (Å²) in [5.41, 5.74) is 0. The Bertz CT molecular complexity index is 135. The van der Waals surface area contributed by atoms with Gasteiger partial charge in [0.05, 0.1) is 0 Å². The van der Waals surface area contributed by atoms with Crippen molar-refractivity contribution in [1.29, 1.82) is 0 Å². The molecule has 1 heterocycles. The molecule has 1 N–H and O–H groups in total. The summed E-state index contributed by atoms with van der Waals surface area (Å²) in [5, 5.41) is 3.11. The van der Waals surface area contributed by atoms with Gasteiger partial charge in [0.1, 0.15) is 4.45 Å². The third kappa shape index (κ3) is 1.37. The normalized spacial score (nSPS) is 34.8. The molecule has 2 heteroatoms. The molecule has 8 heavy (non-hydrogen) atoms. The van der Waals surface area contributed by atoms with Gasteiger partial charge < -0.3 is 5.32 Å². The highest BCUT2D eigenvalue weighted by molar-refractivity contribution is 9.10. The molecule has 0 unspecified atom stereocenters. The van der Waals surface area contributed by atoms with Gasteiger partial charge in [-0.2, -0.15) is 0 Å². The Kier molecular flexibility index (Phi) is 1.43. The predicted octanol–water partition coefficient (Wildman–Crippen LogP) is 1.77. The van der Waals surface area contributed by atoms with Crippen molar-refractivity contribution in [3.05, 3.63) is 24.4 Å². The second kappa shape index (κ2) is 1.94. The molecule has 1 aliphatic rings. The fourth-order valence-corrected chi connectivity index (χ4v) is 0.836. The summed E-state index contributed by atoms with van der Waals surface area (Å²) in [6.45, 7) is 2.05. The molecule has 0 bridgehead atoms. The molecule has 0 saturated carbocycles. The SMILES string of the molecule is C[C@]1(Br)C=CC=CN1. The molecule has 1 nitrogen and oxygen atoms in total. The topological polar surface area (TPSA) is 12.0 Å². The Hall–Kier alpha value is -0.240. The Morgan fingerprint density at radius 1 is 1.50 bits per heavy atom. The Morgan fingerprint density at radius 2 is 2.25 bits per heavy atom. The first-order chi connectivity index (χ1) is 3.71. The van der Waals surface area contributed by atoms with Crippen LogP contribution >= 0.6 is 15.9 Å². The number of nitrogens with one attached hydrogen (secondary N) is 1. The van der Waals surface area contributed by atoms with E-state index in [0.29, 0.717) is 0 Å². The maximum atomic E-state index is 3.44. The number of allylic oxidation sites excluding steroid dienone is 2. The van der Waals surface area contributed by atoms with Crippen LogP contribution in [0, 0.1) is 0 Å². The summed E-state index contributed by atoms with van der Waals surface area (Å²) in [6, 6.07) is 0. The highest BCUT2D eigenvalue weighted by Crippen LogP contribution is 2.16. The van der Waals surface area contributed by atoms with Crippen LogP contribution in [0.2, 0.25) is 0 Å². The first-order valence-corrected chi connectivity index (χ1v) is 3.31. The predicted molar refractivity (Wildman–Crippen MR) is 38.7 cm³/mol. The maximum absolute atomic E-state index is 3.44. The van der Waals surface area contributed by atoms with Gasteiger partial charge in [0.25, 0.3) is 0 Å². The van der Waals surface area contributed by atoms with Crippen molar-refractivity contribution in [3.8, 4) is 0 Å². The van der Waals surface area contributed by atoms with Crippen LogP contribution < -0.4 is 5.32 Å². The van der Waals surface area contributed by atoms with Gasteiger partial charge in [-0.05, 0) is 25.3 Å². The minimum atomic E-state index is -0.0260. The van der Waals surface area contributed by atoms with E-state index in [2.05, 4.69) is 21.2 Å². The fraction of sp³-hybridized carbons (Fsp3) is 0.333. The molecular weight excluding hydrogens is 166 g/mol. The molecular formula is C6H8BrN. The third-order valence-corrected chi connectivity index (χ3v) is 1.48. The summed E-state index contributed by atoms with van der Waals surface area (Å²) in [6.07, 6.45) is 7.93. The Labute approximate surface area is 57.6 Å². The van der Waals surface area contributed by atoms with Crippen LogP contribution in [0.15, 0.2) is 24.4 Å². The average Bonchev–Trinajstić information content (AvgIpc) is 1.65. The van der Waals surface area contributed by atoms with Crippen molar-refractivity contribution in [2.75, 3.05) is 0 Å². The third-order valence-electron chi connectivity index (χ3n) is 0.982. The van der Waals surface area contributed by atoms with E-state index < -0.39 is 0 Å². The number of dihydropyridines is 1. The van der Waals surface area contributed by atoms with Gasteiger partial charge in [0, 0.05) is 0 Å². The highest BCUT2D eigenvalue weighted by atomic mass is 79.9. The van der Waals surface area contributed by atoms with Crippen molar-refractivity contribution < 1.29 is 0 Å². The molecule has 0 aromatic rings. The molecule has 0 amide bonds.